The van der Waals surface area contributed by atoms with Crippen molar-refractivity contribution in [2.45, 2.75) is 19.3 Å². The number of carbonyl (C=O) groups excluding carboxylic acids is 1. The summed E-state index contributed by atoms with van der Waals surface area (Å²) in [6.45, 7) is 2.65. The van der Waals surface area contributed by atoms with Crippen LogP contribution in [0.4, 0.5) is 0 Å². The Balaban J connectivity index is 1.73. The average molecular weight is 380 g/mol. The maximum absolute atomic E-state index is 12.5. The summed E-state index contributed by atoms with van der Waals surface area (Å²) in [5.74, 6) is 0.0806. The maximum Gasteiger partial charge on any atom is 0.351 e. The molecule has 1 heterocycles. The van der Waals surface area contributed by atoms with E-state index in [9.17, 15) is 14.4 Å². The smallest absolute Gasteiger partial charge is 0.351 e. The third kappa shape index (κ3) is 3.69. The van der Waals surface area contributed by atoms with Gasteiger partial charge in [0.05, 0.1) is 5.69 Å². The first-order valence-electron chi connectivity index (χ1n) is 9.22. The van der Waals surface area contributed by atoms with Gasteiger partial charge < -0.3 is 5.32 Å². The Morgan fingerprint density at radius 1 is 0.964 bits per heavy atom. The zero-order valence-corrected chi connectivity index (χ0v) is 16.3. The van der Waals surface area contributed by atoms with Gasteiger partial charge in [-0.1, -0.05) is 37.3 Å². The van der Waals surface area contributed by atoms with Gasteiger partial charge in [-0.15, -0.1) is 0 Å². The van der Waals surface area contributed by atoms with E-state index >= 15 is 0 Å². The van der Waals surface area contributed by atoms with E-state index in [1.807, 2.05) is 18.2 Å². The van der Waals surface area contributed by atoms with E-state index in [1.54, 1.807) is 24.3 Å². The van der Waals surface area contributed by atoms with Crippen molar-refractivity contribution in [1.82, 2.24) is 19.2 Å². The highest BCUT2D eigenvalue weighted by Gasteiger charge is 2.14. The van der Waals surface area contributed by atoms with Gasteiger partial charge in [-0.3, -0.25) is 4.79 Å². The highest BCUT2D eigenvalue weighted by Crippen LogP contribution is 2.18. The van der Waals surface area contributed by atoms with Gasteiger partial charge in [0.1, 0.15) is 0 Å². The summed E-state index contributed by atoms with van der Waals surface area (Å²) < 4.78 is 3.55. The van der Waals surface area contributed by atoms with Crippen molar-refractivity contribution in [3.8, 4) is 5.69 Å². The SMILES string of the molecule is CC[C@H](CNC(=O)c1ccc(-n2c(=O)n(C)c(=O)n2C)cc1)c1ccccc1. The van der Waals surface area contributed by atoms with Crippen LogP contribution < -0.4 is 16.7 Å². The molecule has 7 heteroatoms. The summed E-state index contributed by atoms with van der Waals surface area (Å²) in [6, 6.07) is 16.7. The van der Waals surface area contributed by atoms with E-state index in [-0.39, 0.29) is 11.8 Å². The van der Waals surface area contributed by atoms with Crippen LogP contribution in [0.25, 0.3) is 5.69 Å². The Hall–Kier alpha value is -3.35. The van der Waals surface area contributed by atoms with Crippen molar-refractivity contribution in [3.63, 3.8) is 0 Å². The zero-order valence-electron chi connectivity index (χ0n) is 16.3. The molecule has 0 fully saturated rings. The van der Waals surface area contributed by atoms with Gasteiger partial charge in [0.25, 0.3) is 5.91 Å². The molecular weight excluding hydrogens is 356 g/mol. The number of amides is 1. The highest BCUT2D eigenvalue weighted by molar-refractivity contribution is 5.94. The lowest BCUT2D eigenvalue weighted by molar-refractivity contribution is 0.0951. The Labute approximate surface area is 162 Å². The van der Waals surface area contributed by atoms with Gasteiger partial charge in [-0.25, -0.2) is 18.8 Å². The molecule has 0 aliphatic rings. The summed E-state index contributed by atoms with van der Waals surface area (Å²) >= 11 is 0. The molecule has 0 aliphatic carbocycles. The first-order chi connectivity index (χ1) is 13.4. The predicted molar refractivity (Wildman–Crippen MR) is 108 cm³/mol. The monoisotopic (exact) mass is 380 g/mol. The van der Waals surface area contributed by atoms with Crippen LogP contribution in [0.15, 0.2) is 64.2 Å². The number of rotatable bonds is 6. The molecule has 3 rings (SSSR count). The molecule has 1 N–H and O–H groups in total. The molecule has 0 radical (unpaired) electrons. The summed E-state index contributed by atoms with van der Waals surface area (Å²) in [6.07, 6.45) is 0.925. The van der Waals surface area contributed by atoms with E-state index in [2.05, 4.69) is 24.4 Å². The van der Waals surface area contributed by atoms with Crippen molar-refractivity contribution >= 4 is 5.91 Å². The zero-order chi connectivity index (χ0) is 20.3. The van der Waals surface area contributed by atoms with Gasteiger partial charge in [0.2, 0.25) is 0 Å². The van der Waals surface area contributed by atoms with Crippen LogP contribution >= 0.6 is 0 Å². The van der Waals surface area contributed by atoms with Crippen molar-refractivity contribution in [2.75, 3.05) is 6.54 Å². The molecule has 1 aromatic heterocycles. The van der Waals surface area contributed by atoms with E-state index in [0.29, 0.717) is 17.8 Å². The van der Waals surface area contributed by atoms with Gasteiger partial charge in [0, 0.05) is 32.1 Å². The lowest BCUT2D eigenvalue weighted by Crippen LogP contribution is -2.28. The Morgan fingerprint density at radius 2 is 1.61 bits per heavy atom. The van der Waals surface area contributed by atoms with Crippen molar-refractivity contribution in [3.05, 3.63) is 86.7 Å². The molecule has 0 spiro atoms. The molecule has 1 amide bonds. The quantitative estimate of drug-likeness (QED) is 0.708. The third-order valence-electron chi connectivity index (χ3n) is 4.98. The minimum absolute atomic E-state index is 0.171. The van der Waals surface area contributed by atoms with E-state index < -0.39 is 11.4 Å². The molecule has 0 aliphatic heterocycles. The van der Waals surface area contributed by atoms with Gasteiger partial charge in [0.15, 0.2) is 0 Å². The second kappa shape index (κ2) is 8.12. The molecule has 0 bridgehead atoms. The Bertz CT molecular complexity index is 1080. The van der Waals surface area contributed by atoms with Crippen LogP contribution in [-0.2, 0) is 14.1 Å². The molecule has 0 saturated carbocycles. The summed E-state index contributed by atoms with van der Waals surface area (Å²) in [5, 5.41) is 2.98. The molecule has 3 aromatic rings. The van der Waals surface area contributed by atoms with Crippen molar-refractivity contribution < 1.29 is 4.79 Å². The Kier molecular flexibility index (Phi) is 5.63. The summed E-state index contributed by atoms with van der Waals surface area (Å²) in [4.78, 5) is 36.6. The lowest BCUT2D eigenvalue weighted by Gasteiger charge is -2.16. The summed E-state index contributed by atoms with van der Waals surface area (Å²) in [7, 11) is 2.96. The third-order valence-corrected chi connectivity index (χ3v) is 4.98. The van der Waals surface area contributed by atoms with E-state index in [0.717, 1.165) is 11.0 Å². The fraction of sp³-hybridized carbons (Fsp3) is 0.286. The van der Waals surface area contributed by atoms with Gasteiger partial charge >= 0.3 is 11.4 Å². The summed E-state index contributed by atoms with van der Waals surface area (Å²) in [5.41, 5.74) is 1.39. The second-order valence-electron chi connectivity index (χ2n) is 6.73. The van der Waals surface area contributed by atoms with Crippen LogP contribution in [0.1, 0.15) is 35.2 Å². The maximum atomic E-state index is 12.5. The highest BCUT2D eigenvalue weighted by atomic mass is 16.2. The minimum atomic E-state index is -0.432. The number of hydrogen-bond donors (Lipinski definition) is 1. The molecule has 7 nitrogen and oxygen atoms in total. The van der Waals surface area contributed by atoms with Gasteiger partial charge in [-0.2, -0.15) is 4.68 Å². The molecule has 146 valence electrons. The number of nitrogens with zero attached hydrogens (tertiary/aromatic N) is 3. The number of carbonyl (C=O) groups is 1. The standard InChI is InChI=1S/C21H24N4O3/c1-4-15(16-8-6-5-7-9-16)14-22-19(26)17-10-12-18(13-11-17)25-21(28)23(2)20(27)24(25)3/h5-13,15H,4,14H2,1-3H3,(H,22,26)/t15-/m1/s1. The first kappa shape index (κ1) is 19.4. The van der Waals surface area contributed by atoms with Crippen LogP contribution in [0.3, 0.4) is 0 Å². The van der Waals surface area contributed by atoms with Crippen LogP contribution in [0.2, 0.25) is 0 Å². The number of benzene rings is 2. The number of aromatic nitrogens is 3. The van der Waals surface area contributed by atoms with Crippen molar-refractivity contribution in [2.24, 2.45) is 14.1 Å². The predicted octanol–water partition coefficient (Wildman–Crippen LogP) is 1.80. The van der Waals surface area contributed by atoms with E-state index in [1.165, 1.54) is 29.0 Å². The molecular formula is C21H24N4O3. The topological polar surface area (TPSA) is 78.0 Å². The fourth-order valence-corrected chi connectivity index (χ4v) is 3.23. The van der Waals surface area contributed by atoms with Crippen LogP contribution in [0.5, 0.6) is 0 Å². The first-order valence-corrected chi connectivity index (χ1v) is 9.22. The van der Waals surface area contributed by atoms with E-state index in [4.69, 9.17) is 0 Å². The molecule has 28 heavy (non-hydrogen) atoms. The minimum Gasteiger partial charge on any atom is -0.351 e. The normalized spacial score (nSPS) is 12.0. The molecule has 1 atom stereocenters. The van der Waals surface area contributed by atoms with Crippen LogP contribution in [0, 0.1) is 0 Å². The second-order valence-corrected chi connectivity index (χ2v) is 6.73. The van der Waals surface area contributed by atoms with Gasteiger partial charge in [-0.05, 0) is 36.2 Å². The average Bonchev–Trinajstić information content (AvgIpc) is 2.92. The number of hydrogen-bond acceptors (Lipinski definition) is 3. The fourth-order valence-electron chi connectivity index (χ4n) is 3.23. The van der Waals surface area contributed by atoms with Crippen molar-refractivity contribution in [1.29, 1.82) is 0 Å². The number of nitrogens with one attached hydrogen (secondary N) is 1. The largest absolute Gasteiger partial charge is 0.351 e. The molecule has 2 aromatic carbocycles. The van der Waals surface area contributed by atoms with Crippen LogP contribution in [-0.4, -0.2) is 26.4 Å². The molecule has 0 saturated heterocycles. The Morgan fingerprint density at radius 3 is 2.14 bits per heavy atom. The lowest BCUT2D eigenvalue weighted by atomic mass is 9.96. The molecule has 0 unspecified atom stereocenters.